The van der Waals surface area contributed by atoms with E-state index in [0.29, 0.717) is 6.04 Å². The molecule has 1 rings (SSSR count). The largest absolute Gasteiger partial charge is 0.312 e. The Morgan fingerprint density at radius 3 is 2.38 bits per heavy atom. The van der Waals surface area contributed by atoms with E-state index in [1.807, 2.05) is 12.1 Å². The van der Waals surface area contributed by atoms with Crippen molar-refractivity contribution in [1.82, 2.24) is 10.2 Å². The van der Waals surface area contributed by atoms with Crippen molar-refractivity contribution < 1.29 is 4.39 Å². The molecule has 0 fully saturated rings. The summed E-state index contributed by atoms with van der Waals surface area (Å²) in [6.07, 6.45) is 1.12. The molecule has 1 aromatic carbocycles. The van der Waals surface area contributed by atoms with Gasteiger partial charge in [0.2, 0.25) is 0 Å². The minimum Gasteiger partial charge on any atom is -0.312 e. The first kappa shape index (κ1) is 18.1. The number of halogens is 1. The van der Waals surface area contributed by atoms with Crippen LogP contribution in [0.5, 0.6) is 0 Å². The summed E-state index contributed by atoms with van der Waals surface area (Å²) in [6, 6.07) is 7.51. The van der Waals surface area contributed by atoms with Crippen LogP contribution in [0.2, 0.25) is 0 Å². The maximum absolute atomic E-state index is 13.9. The molecule has 0 spiro atoms. The minimum absolute atomic E-state index is 0.0690. The molecular weight excluding hydrogens is 263 g/mol. The molecular formula is C18H31FN2. The third-order valence-corrected chi connectivity index (χ3v) is 4.17. The molecule has 0 saturated heterocycles. The van der Waals surface area contributed by atoms with Crippen LogP contribution < -0.4 is 5.32 Å². The quantitative estimate of drug-likeness (QED) is 0.809. The number of hydrogen-bond donors (Lipinski definition) is 1. The molecule has 3 heteroatoms. The van der Waals surface area contributed by atoms with E-state index < -0.39 is 0 Å². The number of rotatable bonds is 7. The summed E-state index contributed by atoms with van der Waals surface area (Å²) in [5.74, 6) is -0.120. The van der Waals surface area contributed by atoms with Crippen molar-refractivity contribution in [2.45, 2.75) is 53.1 Å². The highest BCUT2D eigenvalue weighted by molar-refractivity contribution is 5.20. The second kappa shape index (κ2) is 7.90. The van der Waals surface area contributed by atoms with Gasteiger partial charge >= 0.3 is 0 Å². The molecule has 2 atom stereocenters. The lowest BCUT2D eigenvalue weighted by Crippen LogP contribution is -2.48. The molecule has 0 aliphatic carbocycles. The Morgan fingerprint density at radius 1 is 1.24 bits per heavy atom. The van der Waals surface area contributed by atoms with Gasteiger partial charge in [0.1, 0.15) is 5.82 Å². The van der Waals surface area contributed by atoms with Crippen molar-refractivity contribution in [3.63, 3.8) is 0 Å². The lowest BCUT2D eigenvalue weighted by atomic mass is 9.86. The van der Waals surface area contributed by atoms with E-state index in [-0.39, 0.29) is 17.3 Å². The van der Waals surface area contributed by atoms with E-state index in [0.717, 1.165) is 25.1 Å². The highest BCUT2D eigenvalue weighted by atomic mass is 19.1. The van der Waals surface area contributed by atoms with Crippen LogP contribution in [-0.2, 0) is 0 Å². The fourth-order valence-electron chi connectivity index (χ4n) is 2.46. The average molecular weight is 294 g/mol. The van der Waals surface area contributed by atoms with Crippen molar-refractivity contribution in [3.8, 4) is 0 Å². The predicted molar refractivity (Wildman–Crippen MR) is 89.0 cm³/mol. The lowest BCUT2D eigenvalue weighted by Gasteiger charge is -2.37. The maximum Gasteiger partial charge on any atom is 0.127 e. The number of hydrogen-bond acceptors (Lipinski definition) is 2. The summed E-state index contributed by atoms with van der Waals surface area (Å²) in [5.41, 5.74) is 0.946. The topological polar surface area (TPSA) is 15.3 Å². The van der Waals surface area contributed by atoms with Crippen LogP contribution >= 0.6 is 0 Å². The first-order chi connectivity index (χ1) is 9.77. The summed E-state index contributed by atoms with van der Waals surface area (Å²) in [7, 11) is 2.07. The van der Waals surface area contributed by atoms with Gasteiger partial charge in [0.05, 0.1) is 0 Å². The van der Waals surface area contributed by atoms with Gasteiger partial charge in [0, 0.05) is 24.2 Å². The van der Waals surface area contributed by atoms with Gasteiger partial charge in [-0.2, -0.15) is 0 Å². The molecule has 1 aromatic rings. The number of benzene rings is 1. The summed E-state index contributed by atoms with van der Waals surface area (Å²) < 4.78 is 13.9. The molecule has 0 saturated carbocycles. The Bertz CT molecular complexity index is 425. The van der Waals surface area contributed by atoms with Crippen LogP contribution in [0, 0.1) is 11.2 Å². The zero-order valence-electron chi connectivity index (χ0n) is 14.4. The van der Waals surface area contributed by atoms with Crippen LogP contribution in [0.1, 0.15) is 52.6 Å². The van der Waals surface area contributed by atoms with E-state index >= 15 is 0 Å². The Labute approximate surface area is 129 Å². The Balaban J connectivity index is 2.77. The molecule has 1 N–H and O–H groups in total. The number of nitrogens with one attached hydrogen (secondary N) is 1. The highest BCUT2D eigenvalue weighted by Gasteiger charge is 2.27. The van der Waals surface area contributed by atoms with Gasteiger partial charge < -0.3 is 5.32 Å². The van der Waals surface area contributed by atoms with Gasteiger partial charge in [0.15, 0.2) is 0 Å². The standard InChI is InChI=1S/C18H31FN2/c1-7-12-20-17(18(3,4)5)13-21(6)14(2)15-10-8-9-11-16(15)19/h8-11,14,17,20H,7,12-13H2,1-6H3. The van der Waals surface area contributed by atoms with Gasteiger partial charge in [-0.05, 0) is 38.4 Å². The van der Waals surface area contributed by atoms with Crippen molar-refractivity contribution in [2.75, 3.05) is 20.1 Å². The van der Waals surface area contributed by atoms with Crippen LogP contribution in [0.25, 0.3) is 0 Å². The molecule has 21 heavy (non-hydrogen) atoms. The smallest absolute Gasteiger partial charge is 0.127 e. The molecule has 0 aliphatic heterocycles. The second-order valence-corrected chi connectivity index (χ2v) is 7.01. The van der Waals surface area contributed by atoms with E-state index in [1.54, 1.807) is 6.07 Å². The maximum atomic E-state index is 13.9. The Morgan fingerprint density at radius 2 is 1.86 bits per heavy atom. The number of nitrogens with zero attached hydrogens (tertiary/aromatic N) is 1. The van der Waals surface area contributed by atoms with E-state index in [1.165, 1.54) is 6.07 Å². The van der Waals surface area contributed by atoms with Gasteiger partial charge in [-0.1, -0.05) is 45.9 Å². The molecule has 0 aliphatic rings. The summed E-state index contributed by atoms with van der Waals surface area (Å²) >= 11 is 0. The van der Waals surface area contributed by atoms with Gasteiger partial charge in [-0.3, -0.25) is 4.90 Å². The molecule has 0 bridgehead atoms. The Hall–Kier alpha value is -0.930. The van der Waals surface area contributed by atoms with Gasteiger partial charge in [0.25, 0.3) is 0 Å². The van der Waals surface area contributed by atoms with E-state index in [4.69, 9.17) is 0 Å². The molecule has 2 nitrogen and oxygen atoms in total. The van der Waals surface area contributed by atoms with Gasteiger partial charge in [-0.15, -0.1) is 0 Å². The first-order valence-electron chi connectivity index (χ1n) is 7.95. The molecule has 0 heterocycles. The van der Waals surface area contributed by atoms with Crippen LogP contribution in [-0.4, -0.2) is 31.1 Å². The molecule has 0 radical (unpaired) electrons. The average Bonchev–Trinajstić information content (AvgIpc) is 2.41. The van der Waals surface area contributed by atoms with Crippen molar-refractivity contribution in [2.24, 2.45) is 5.41 Å². The lowest BCUT2D eigenvalue weighted by molar-refractivity contribution is 0.164. The van der Waals surface area contributed by atoms with Crippen LogP contribution in [0.15, 0.2) is 24.3 Å². The summed E-state index contributed by atoms with van der Waals surface area (Å²) in [4.78, 5) is 2.23. The predicted octanol–water partition coefficient (Wildman–Crippen LogP) is 4.23. The molecule has 120 valence electrons. The highest BCUT2D eigenvalue weighted by Crippen LogP contribution is 2.25. The van der Waals surface area contributed by atoms with E-state index in [9.17, 15) is 4.39 Å². The normalized spacial score (nSPS) is 15.2. The number of likely N-dealkylation sites (N-methyl/N-ethyl adjacent to an activating group) is 1. The van der Waals surface area contributed by atoms with E-state index in [2.05, 4.69) is 51.9 Å². The monoisotopic (exact) mass is 294 g/mol. The summed E-state index contributed by atoms with van der Waals surface area (Å²) in [6.45, 7) is 12.9. The third-order valence-electron chi connectivity index (χ3n) is 4.17. The van der Waals surface area contributed by atoms with Crippen molar-refractivity contribution in [3.05, 3.63) is 35.6 Å². The SMILES string of the molecule is CCCNC(CN(C)C(C)c1ccccc1F)C(C)(C)C. The molecule has 2 unspecified atom stereocenters. The zero-order chi connectivity index (χ0) is 16.0. The molecule has 0 aromatic heterocycles. The molecule has 0 amide bonds. The van der Waals surface area contributed by atoms with Crippen LogP contribution in [0.4, 0.5) is 4.39 Å². The van der Waals surface area contributed by atoms with Crippen LogP contribution in [0.3, 0.4) is 0 Å². The Kier molecular flexibility index (Phi) is 6.82. The fraction of sp³-hybridized carbons (Fsp3) is 0.667. The second-order valence-electron chi connectivity index (χ2n) is 7.01. The third kappa shape index (κ3) is 5.40. The summed E-state index contributed by atoms with van der Waals surface area (Å²) in [5, 5.41) is 3.63. The van der Waals surface area contributed by atoms with Crippen molar-refractivity contribution >= 4 is 0 Å². The van der Waals surface area contributed by atoms with Gasteiger partial charge in [-0.25, -0.2) is 4.39 Å². The first-order valence-corrected chi connectivity index (χ1v) is 7.95. The van der Waals surface area contributed by atoms with Crippen molar-refractivity contribution in [1.29, 1.82) is 0 Å². The fourth-order valence-corrected chi connectivity index (χ4v) is 2.46. The minimum atomic E-state index is -0.120. The zero-order valence-corrected chi connectivity index (χ0v) is 14.4.